The summed E-state index contributed by atoms with van der Waals surface area (Å²) in [6, 6.07) is 0. The Labute approximate surface area is 120 Å². The Bertz CT molecular complexity index is 447. The summed E-state index contributed by atoms with van der Waals surface area (Å²) in [6.45, 7) is 3.91. The first-order valence-corrected chi connectivity index (χ1v) is 7.49. The summed E-state index contributed by atoms with van der Waals surface area (Å²) in [4.78, 5) is 11.8. The molecule has 0 bridgehead atoms. The second-order valence-electron chi connectivity index (χ2n) is 4.98. The van der Waals surface area contributed by atoms with E-state index in [-0.39, 0.29) is 0 Å². The Morgan fingerprint density at radius 1 is 1.32 bits per heavy atom. The van der Waals surface area contributed by atoms with Crippen molar-refractivity contribution in [1.29, 1.82) is 0 Å². The van der Waals surface area contributed by atoms with Crippen LogP contribution in [0.4, 0.5) is 5.82 Å². The zero-order valence-electron chi connectivity index (χ0n) is 11.6. The molecule has 0 radical (unpaired) electrons. The van der Waals surface area contributed by atoms with Gasteiger partial charge in [0.1, 0.15) is 12.1 Å². The van der Waals surface area contributed by atoms with E-state index in [1.165, 1.54) is 30.5 Å². The molecule has 1 aromatic rings. The molecule has 104 valence electrons. The number of nitrogens with zero attached hydrogens (tertiary/aromatic N) is 3. The fourth-order valence-electron chi connectivity index (χ4n) is 2.61. The standard InChI is InChI=1S/C14H22N4S/c1-2-18(9-8-13(15)19)14-11-6-4-3-5-7-12(11)16-10-17-14/h10H,2-9H2,1H3,(H2,15,19). The molecule has 0 amide bonds. The van der Waals surface area contributed by atoms with Crippen LogP contribution in [0.15, 0.2) is 6.33 Å². The summed E-state index contributed by atoms with van der Waals surface area (Å²) in [6.07, 6.45) is 8.37. The largest absolute Gasteiger partial charge is 0.393 e. The molecule has 2 N–H and O–H groups in total. The number of hydrogen-bond acceptors (Lipinski definition) is 4. The van der Waals surface area contributed by atoms with Gasteiger partial charge in [-0.3, -0.25) is 0 Å². The molecule has 0 aliphatic heterocycles. The number of aryl methyl sites for hydroxylation is 1. The van der Waals surface area contributed by atoms with Crippen LogP contribution in [-0.4, -0.2) is 28.0 Å². The first-order valence-electron chi connectivity index (χ1n) is 7.08. The highest BCUT2D eigenvalue weighted by molar-refractivity contribution is 7.80. The Balaban J connectivity index is 2.24. The fourth-order valence-corrected chi connectivity index (χ4v) is 2.70. The van der Waals surface area contributed by atoms with Gasteiger partial charge in [0.25, 0.3) is 0 Å². The molecule has 2 rings (SSSR count). The molecule has 19 heavy (non-hydrogen) atoms. The highest BCUT2D eigenvalue weighted by Gasteiger charge is 2.17. The maximum Gasteiger partial charge on any atom is 0.135 e. The Hall–Kier alpha value is -1.23. The summed E-state index contributed by atoms with van der Waals surface area (Å²) in [5.74, 6) is 1.09. The topological polar surface area (TPSA) is 55.0 Å². The van der Waals surface area contributed by atoms with E-state index in [0.717, 1.165) is 38.2 Å². The second kappa shape index (κ2) is 6.80. The first kappa shape index (κ1) is 14.2. The third-order valence-electron chi connectivity index (χ3n) is 3.66. The van der Waals surface area contributed by atoms with Crippen molar-refractivity contribution < 1.29 is 0 Å². The van der Waals surface area contributed by atoms with E-state index in [1.54, 1.807) is 6.33 Å². The summed E-state index contributed by atoms with van der Waals surface area (Å²) >= 11 is 4.97. The molecular weight excluding hydrogens is 256 g/mol. The number of aromatic nitrogens is 2. The molecule has 1 aromatic heterocycles. The van der Waals surface area contributed by atoms with E-state index in [4.69, 9.17) is 18.0 Å². The number of fused-ring (bicyclic) bond motifs is 1. The lowest BCUT2D eigenvalue weighted by molar-refractivity contribution is 0.708. The third-order valence-corrected chi connectivity index (χ3v) is 3.87. The fraction of sp³-hybridized carbons (Fsp3) is 0.643. The minimum atomic E-state index is 0.568. The zero-order valence-corrected chi connectivity index (χ0v) is 12.4. The molecule has 1 aliphatic carbocycles. The summed E-state index contributed by atoms with van der Waals surface area (Å²) in [5, 5.41) is 0. The molecule has 0 saturated heterocycles. The first-order chi connectivity index (χ1) is 9.22. The van der Waals surface area contributed by atoms with Gasteiger partial charge in [-0.2, -0.15) is 0 Å². The van der Waals surface area contributed by atoms with E-state index in [0.29, 0.717) is 4.99 Å². The summed E-state index contributed by atoms with van der Waals surface area (Å²) < 4.78 is 0. The van der Waals surface area contributed by atoms with Crippen molar-refractivity contribution in [2.75, 3.05) is 18.0 Å². The van der Waals surface area contributed by atoms with Crippen LogP contribution in [0.1, 0.15) is 43.9 Å². The van der Waals surface area contributed by atoms with Crippen molar-refractivity contribution in [3.63, 3.8) is 0 Å². The Morgan fingerprint density at radius 3 is 2.84 bits per heavy atom. The number of thiocarbonyl (C=S) groups is 1. The maximum absolute atomic E-state index is 5.61. The Kier molecular flexibility index (Phi) is 5.07. The lowest BCUT2D eigenvalue weighted by Crippen LogP contribution is -2.29. The molecule has 0 atom stereocenters. The van der Waals surface area contributed by atoms with Gasteiger partial charge in [-0.05, 0) is 32.6 Å². The van der Waals surface area contributed by atoms with Crippen molar-refractivity contribution >= 4 is 23.0 Å². The quantitative estimate of drug-likeness (QED) is 0.661. The van der Waals surface area contributed by atoms with Gasteiger partial charge in [-0.1, -0.05) is 18.6 Å². The normalized spacial score (nSPS) is 14.6. The minimum Gasteiger partial charge on any atom is -0.393 e. The smallest absolute Gasteiger partial charge is 0.135 e. The van der Waals surface area contributed by atoms with Crippen molar-refractivity contribution in [2.45, 2.75) is 45.4 Å². The maximum atomic E-state index is 5.61. The van der Waals surface area contributed by atoms with Crippen LogP contribution in [-0.2, 0) is 12.8 Å². The summed E-state index contributed by atoms with van der Waals surface area (Å²) in [5.41, 5.74) is 8.18. The summed E-state index contributed by atoms with van der Waals surface area (Å²) in [7, 11) is 0. The zero-order chi connectivity index (χ0) is 13.7. The van der Waals surface area contributed by atoms with Crippen LogP contribution >= 0.6 is 12.2 Å². The van der Waals surface area contributed by atoms with Crippen LogP contribution in [0, 0.1) is 0 Å². The number of hydrogen-bond donors (Lipinski definition) is 1. The van der Waals surface area contributed by atoms with Crippen molar-refractivity contribution in [3.05, 3.63) is 17.6 Å². The number of rotatable bonds is 5. The van der Waals surface area contributed by atoms with E-state index < -0.39 is 0 Å². The van der Waals surface area contributed by atoms with Crippen LogP contribution in [0.3, 0.4) is 0 Å². The second-order valence-corrected chi connectivity index (χ2v) is 5.50. The van der Waals surface area contributed by atoms with E-state index >= 15 is 0 Å². The van der Waals surface area contributed by atoms with Crippen LogP contribution in [0.5, 0.6) is 0 Å². The third kappa shape index (κ3) is 3.62. The molecule has 1 heterocycles. The highest BCUT2D eigenvalue weighted by Crippen LogP contribution is 2.26. The average Bonchev–Trinajstić information content (AvgIpc) is 2.64. The van der Waals surface area contributed by atoms with E-state index in [1.807, 2.05) is 0 Å². The molecule has 4 nitrogen and oxygen atoms in total. The lowest BCUT2D eigenvalue weighted by Gasteiger charge is -2.24. The molecular formula is C14H22N4S. The predicted molar refractivity (Wildman–Crippen MR) is 82.6 cm³/mol. The minimum absolute atomic E-state index is 0.568. The molecule has 0 unspecified atom stereocenters. The SMILES string of the molecule is CCN(CCC(N)=S)c1ncnc2c1CCCCC2. The molecule has 5 heteroatoms. The van der Waals surface area contributed by atoms with Gasteiger partial charge in [0.05, 0.1) is 4.99 Å². The van der Waals surface area contributed by atoms with Crippen molar-refractivity contribution in [2.24, 2.45) is 5.73 Å². The van der Waals surface area contributed by atoms with Gasteiger partial charge < -0.3 is 10.6 Å². The van der Waals surface area contributed by atoms with Gasteiger partial charge in [0.15, 0.2) is 0 Å². The lowest BCUT2D eigenvalue weighted by atomic mass is 10.1. The number of anilines is 1. The van der Waals surface area contributed by atoms with Gasteiger partial charge in [0, 0.05) is 30.8 Å². The van der Waals surface area contributed by atoms with Gasteiger partial charge in [-0.15, -0.1) is 0 Å². The van der Waals surface area contributed by atoms with Gasteiger partial charge >= 0.3 is 0 Å². The van der Waals surface area contributed by atoms with Crippen LogP contribution < -0.4 is 10.6 Å². The van der Waals surface area contributed by atoms with Crippen LogP contribution in [0.2, 0.25) is 0 Å². The predicted octanol–water partition coefficient (Wildman–Crippen LogP) is 2.25. The van der Waals surface area contributed by atoms with Crippen molar-refractivity contribution in [3.8, 4) is 0 Å². The highest BCUT2D eigenvalue weighted by atomic mass is 32.1. The molecule has 1 aliphatic rings. The Morgan fingerprint density at radius 2 is 2.11 bits per heavy atom. The monoisotopic (exact) mass is 278 g/mol. The molecule has 0 spiro atoms. The number of nitrogens with two attached hydrogens (primary N) is 1. The average molecular weight is 278 g/mol. The van der Waals surface area contributed by atoms with Gasteiger partial charge in [0.2, 0.25) is 0 Å². The molecule has 0 aromatic carbocycles. The van der Waals surface area contributed by atoms with Gasteiger partial charge in [-0.25, -0.2) is 9.97 Å². The van der Waals surface area contributed by atoms with E-state index in [9.17, 15) is 0 Å². The van der Waals surface area contributed by atoms with Crippen molar-refractivity contribution in [1.82, 2.24) is 9.97 Å². The molecule has 0 fully saturated rings. The molecule has 0 saturated carbocycles. The van der Waals surface area contributed by atoms with E-state index in [2.05, 4.69) is 21.8 Å². The van der Waals surface area contributed by atoms with Crippen LogP contribution in [0.25, 0.3) is 0 Å².